The standard InChI is InChI=1S/C41H33BO/c1-26-15-19-37-36(21-26)42-35-18-17-30(25-34(35)41(3,4)39-27(2)16-20-38(43-37)40(39)42)33-23-31(28-11-7-5-8-12-28)22-32(24-33)29-13-9-6-10-14-29/h5-25H,1-4H3. The predicted octanol–water partition coefficient (Wildman–Crippen LogP) is 8.57. The van der Waals surface area contributed by atoms with Crippen molar-refractivity contribution in [1.82, 2.24) is 0 Å². The largest absolute Gasteiger partial charge is 0.458 e. The molecular weight excluding hydrogens is 519 g/mol. The van der Waals surface area contributed by atoms with Crippen molar-refractivity contribution >= 4 is 23.1 Å². The van der Waals surface area contributed by atoms with Crippen LogP contribution in [-0.2, 0) is 5.41 Å². The lowest BCUT2D eigenvalue weighted by atomic mass is 9.30. The van der Waals surface area contributed by atoms with E-state index in [1.165, 1.54) is 72.0 Å². The molecule has 43 heavy (non-hydrogen) atoms. The first-order valence-corrected chi connectivity index (χ1v) is 15.2. The number of aryl methyl sites for hydroxylation is 2. The Morgan fingerprint density at radius 1 is 0.512 bits per heavy atom. The van der Waals surface area contributed by atoms with Crippen LogP contribution in [0.4, 0.5) is 0 Å². The van der Waals surface area contributed by atoms with Crippen LogP contribution < -0.4 is 21.1 Å². The monoisotopic (exact) mass is 552 g/mol. The quantitative estimate of drug-likeness (QED) is 0.200. The van der Waals surface area contributed by atoms with Gasteiger partial charge in [0.25, 0.3) is 6.71 Å². The maximum Gasteiger partial charge on any atom is 0.251 e. The molecule has 0 radical (unpaired) electrons. The first-order valence-electron chi connectivity index (χ1n) is 15.2. The maximum absolute atomic E-state index is 6.55. The molecule has 6 aromatic carbocycles. The molecular formula is C41H33BO. The van der Waals surface area contributed by atoms with E-state index in [0.717, 1.165) is 11.5 Å². The SMILES string of the molecule is Cc1ccc2c(c1)B1c3ccc(-c4cc(-c5ccccc5)cc(-c5ccccc5)c4)cc3C(C)(C)c3c(C)ccc(c31)O2. The molecule has 0 atom stereocenters. The molecule has 2 aliphatic heterocycles. The summed E-state index contributed by atoms with van der Waals surface area (Å²) >= 11 is 0. The van der Waals surface area contributed by atoms with Gasteiger partial charge in [0, 0.05) is 5.41 Å². The Bertz CT molecular complexity index is 1980. The second kappa shape index (κ2) is 9.61. The maximum atomic E-state index is 6.55. The topological polar surface area (TPSA) is 9.23 Å². The zero-order valence-corrected chi connectivity index (χ0v) is 25.1. The van der Waals surface area contributed by atoms with Gasteiger partial charge in [-0.25, -0.2) is 0 Å². The van der Waals surface area contributed by atoms with Crippen LogP contribution in [0.1, 0.15) is 36.1 Å². The summed E-state index contributed by atoms with van der Waals surface area (Å²) in [6.45, 7) is 9.35. The van der Waals surface area contributed by atoms with Gasteiger partial charge >= 0.3 is 0 Å². The molecule has 2 heterocycles. The van der Waals surface area contributed by atoms with E-state index in [1.54, 1.807) is 0 Å². The lowest BCUT2D eigenvalue weighted by Crippen LogP contribution is -2.62. The van der Waals surface area contributed by atoms with Crippen LogP contribution in [0.25, 0.3) is 33.4 Å². The van der Waals surface area contributed by atoms with Gasteiger partial charge in [0.2, 0.25) is 0 Å². The fourth-order valence-electron chi connectivity index (χ4n) is 7.55. The molecule has 0 aliphatic carbocycles. The van der Waals surface area contributed by atoms with Crippen molar-refractivity contribution in [3.05, 3.63) is 150 Å². The fraction of sp³-hybridized carbons (Fsp3) is 0.122. The molecule has 2 aliphatic rings. The van der Waals surface area contributed by atoms with Crippen molar-refractivity contribution in [2.24, 2.45) is 0 Å². The smallest absolute Gasteiger partial charge is 0.251 e. The van der Waals surface area contributed by atoms with Crippen LogP contribution in [0, 0.1) is 13.8 Å². The number of hydrogen-bond acceptors (Lipinski definition) is 1. The Labute approximate surface area is 254 Å². The van der Waals surface area contributed by atoms with Crippen LogP contribution in [-0.4, -0.2) is 6.71 Å². The summed E-state index contributed by atoms with van der Waals surface area (Å²) in [4.78, 5) is 0. The van der Waals surface area contributed by atoms with Crippen molar-refractivity contribution in [3.63, 3.8) is 0 Å². The van der Waals surface area contributed by atoms with E-state index < -0.39 is 0 Å². The van der Waals surface area contributed by atoms with Gasteiger partial charge in [-0.3, -0.25) is 0 Å². The van der Waals surface area contributed by atoms with Crippen LogP contribution in [0.5, 0.6) is 11.5 Å². The highest BCUT2D eigenvalue weighted by molar-refractivity contribution is 6.98. The number of rotatable bonds is 3. The van der Waals surface area contributed by atoms with Gasteiger partial charge in [0.05, 0.1) is 0 Å². The van der Waals surface area contributed by atoms with Crippen molar-refractivity contribution in [2.45, 2.75) is 33.1 Å². The number of benzene rings is 6. The Balaban J connectivity index is 1.36. The molecule has 1 nitrogen and oxygen atoms in total. The van der Waals surface area contributed by atoms with Crippen molar-refractivity contribution in [3.8, 4) is 44.9 Å². The molecule has 0 amide bonds. The van der Waals surface area contributed by atoms with E-state index in [4.69, 9.17) is 4.74 Å². The normalized spacial score (nSPS) is 13.9. The summed E-state index contributed by atoms with van der Waals surface area (Å²) in [5.74, 6) is 1.96. The fourth-order valence-corrected chi connectivity index (χ4v) is 7.55. The lowest BCUT2D eigenvalue weighted by Gasteiger charge is -2.42. The molecule has 0 spiro atoms. The van der Waals surface area contributed by atoms with Crippen LogP contribution in [0.2, 0.25) is 0 Å². The lowest BCUT2D eigenvalue weighted by molar-refractivity contribution is 0.484. The van der Waals surface area contributed by atoms with Gasteiger partial charge in [-0.15, -0.1) is 0 Å². The number of ether oxygens (including phenoxy) is 1. The number of fused-ring (bicyclic) bond motifs is 4. The highest BCUT2D eigenvalue weighted by atomic mass is 16.5. The van der Waals surface area contributed by atoms with Crippen LogP contribution in [0.3, 0.4) is 0 Å². The Kier molecular flexibility index (Phi) is 5.78. The van der Waals surface area contributed by atoms with Gasteiger partial charge in [0.1, 0.15) is 11.5 Å². The average Bonchev–Trinajstić information content (AvgIpc) is 3.04. The third-order valence-corrected chi connectivity index (χ3v) is 9.54. The third kappa shape index (κ3) is 4.08. The summed E-state index contributed by atoms with van der Waals surface area (Å²) < 4.78 is 6.55. The van der Waals surface area contributed by atoms with Gasteiger partial charge in [0.15, 0.2) is 0 Å². The molecule has 0 bridgehead atoms. The highest BCUT2D eigenvalue weighted by Gasteiger charge is 2.45. The van der Waals surface area contributed by atoms with E-state index in [9.17, 15) is 0 Å². The van der Waals surface area contributed by atoms with Gasteiger partial charge < -0.3 is 4.74 Å². The molecule has 0 saturated carbocycles. The van der Waals surface area contributed by atoms with E-state index >= 15 is 0 Å². The Hall–Kier alpha value is -4.82. The predicted molar refractivity (Wildman–Crippen MR) is 182 cm³/mol. The Morgan fingerprint density at radius 2 is 1.12 bits per heavy atom. The molecule has 0 aromatic heterocycles. The Morgan fingerprint density at radius 3 is 1.77 bits per heavy atom. The summed E-state index contributed by atoms with van der Waals surface area (Å²) in [5.41, 5.74) is 16.6. The second-order valence-corrected chi connectivity index (χ2v) is 12.7. The molecule has 8 rings (SSSR count). The minimum atomic E-state index is -0.179. The average molecular weight is 553 g/mol. The summed E-state index contributed by atoms with van der Waals surface area (Å²) in [6.07, 6.45) is 0. The summed E-state index contributed by atoms with van der Waals surface area (Å²) in [6, 6.07) is 46.7. The highest BCUT2D eigenvalue weighted by Crippen LogP contribution is 2.42. The van der Waals surface area contributed by atoms with E-state index in [2.05, 4.69) is 155 Å². The minimum Gasteiger partial charge on any atom is -0.458 e. The van der Waals surface area contributed by atoms with Crippen molar-refractivity contribution in [1.29, 1.82) is 0 Å². The zero-order valence-electron chi connectivity index (χ0n) is 25.1. The molecule has 0 unspecified atom stereocenters. The van der Waals surface area contributed by atoms with E-state index in [1.807, 2.05) is 0 Å². The van der Waals surface area contributed by atoms with Gasteiger partial charge in [-0.1, -0.05) is 122 Å². The van der Waals surface area contributed by atoms with E-state index in [-0.39, 0.29) is 12.1 Å². The third-order valence-electron chi connectivity index (χ3n) is 9.54. The molecule has 2 heteroatoms. The molecule has 206 valence electrons. The second-order valence-electron chi connectivity index (χ2n) is 12.7. The molecule has 0 N–H and O–H groups in total. The molecule has 0 fully saturated rings. The van der Waals surface area contributed by atoms with Crippen molar-refractivity contribution in [2.75, 3.05) is 0 Å². The molecule has 6 aromatic rings. The zero-order chi connectivity index (χ0) is 29.3. The number of hydrogen-bond donors (Lipinski definition) is 0. The minimum absolute atomic E-state index is 0.154. The first kappa shape index (κ1) is 25.9. The van der Waals surface area contributed by atoms with Crippen LogP contribution in [0.15, 0.2) is 127 Å². The molecule has 0 saturated heterocycles. The first-order chi connectivity index (χ1) is 20.9. The van der Waals surface area contributed by atoms with Crippen LogP contribution >= 0.6 is 0 Å². The van der Waals surface area contributed by atoms with Gasteiger partial charge in [-0.2, -0.15) is 0 Å². The van der Waals surface area contributed by atoms with Crippen molar-refractivity contribution < 1.29 is 4.74 Å². The van der Waals surface area contributed by atoms with Gasteiger partial charge in [-0.05, 0) is 105 Å². The summed E-state index contributed by atoms with van der Waals surface area (Å²) in [7, 11) is 0. The summed E-state index contributed by atoms with van der Waals surface area (Å²) in [5, 5.41) is 0. The van der Waals surface area contributed by atoms with E-state index in [0.29, 0.717) is 0 Å².